The van der Waals surface area contributed by atoms with E-state index in [0.717, 1.165) is 0 Å². The number of hydrogen-bond acceptors (Lipinski definition) is 3. The molecule has 2 N–H and O–H groups in total. The van der Waals surface area contributed by atoms with E-state index in [1.807, 2.05) is 0 Å². The molecular weight excluding hydrogens is 422 g/mol. The Bertz CT molecular complexity index is 471. The Morgan fingerprint density at radius 2 is 2.00 bits per heavy atom. The highest BCUT2D eigenvalue weighted by molar-refractivity contribution is 9.14. The Kier molecular flexibility index (Phi) is 3.64. The van der Waals surface area contributed by atoms with Gasteiger partial charge in [-0.15, -0.1) is 0 Å². The number of allylic oxidation sites excluding steroid dienone is 2. The summed E-state index contributed by atoms with van der Waals surface area (Å²) in [5, 5.41) is 13.3. The maximum atomic E-state index is 11.7. The smallest absolute Gasteiger partial charge is 0.226 e. The average Bonchev–Trinajstić information content (AvgIpc) is 2.71. The number of nitrogens with one attached hydrogen (secondary N) is 1. The van der Waals surface area contributed by atoms with E-state index in [1.54, 1.807) is 0 Å². The molecule has 0 aromatic rings. The summed E-state index contributed by atoms with van der Waals surface area (Å²) in [6.45, 7) is 0.531. The van der Waals surface area contributed by atoms with Crippen molar-refractivity contribution in [1.82, 2.24) is 5.32 Å². The zero-order chi connectivity index (χ0) is 12.8. The molecule has 0 spiro atoms. The first kappa shape index (κ1) is 13.5. The number of carbonyl (C=O) groups excluding carboxylic acids is 2. The molecule has 2 atom stereocenters. The topological polar surface area (TPSA) is 66.4 Å². The lowest BCUT2D eigenvalue weighted by molar-refractivity contribution is -0.127. The lowest BCUT2D eigenvalue weighted by Gasteiger charge is -2.32. The summed E-state index contributed by atoms with van der Waals surface area (Å²) in [4.78, 5) is 23.3. The molecule has 1 aliphatic heterocycles. The van der Waals surface area contributed by atoms with Crippen LogP contribution in [0.25, 0.3) is 0 Å². The van der Waals surface area contributed by atoms with Crippen molar-refractivity contribution >= 4 is 59.5 Å². The van der Waals surface area contributed by atoms with Crippen molar-refractivity contribution in [3.63, 3.8) is 0 Å². The molecule has 1 saturated heterocycles. The summed E-state index contributed by atoms with van der Waals surface area (Å²) in [7, 11) is 0. The minimum atomic E-state index is -1.48. The van der Waals surface area contributed by atoms with Gasteiger partial charge in [0.05, 0.1) is 14.9 Å². The van der Waals surface area contributed by atoms with Crippen LogP contribution in [0, 0.1) is 5.92 Å². The van der Waals surface area contributed by atoms with Gasteiger partial charge in [0.1, 0.15) is 5.60 Å². The van der Waals surface area contributed by atoms with Crippen LogP contribution in [0.5, 0.6) is 0 Å². The Labute approximate surface area is 123 Å². The fraction of sp³-hybridized carbons (Fsp3) is 0.400. The molecule has 0 radical (unpaired) electrons. The van der Waals surface area contributed by atoms with Crippen LogP contribution in [0.15, 0.2) is 19.5 Å². The molecular formula is C10H8Br3NO3. The molecule has 1 amide bonds. The third-order valence-corrected chi connectivity index (χ3v) is 5.80. The fourth-order valence-electron chi connectivity index (χ4n) is 1.97. The number of rotatable bonds is 1. The summed E-state index contributed by atoms with van der Waals surface area (Å²) in [5.74, 6) is -1.07. The zero-order valence-electron chi connectivity index (χ0n) is 8.47. The second kappa shape index (κ2) is 4.60. The third-order valence-electron chi connectivity index (χ3n) is 2.89. The van der Waals surface area contributed by atoms with E-state index in [0.29, 0.717) is 17.4 Å². The van der Waals surface area contributed by atoms with Crippen molar-refractivity contribution in [2.45, 2.75) is 12.0 Å². The van der Waals surface area contributed by atoms with Gasteiger partial charge in [-0.2, -0.15) is 0 Å². The van der Waals surface area contributed by atoms with Gasteiger partial charge in [-0.25, -0.2) is 0 Å². The van der Waals surface area contributed by atoms with Crippen LogP contribution in [-0.2, 0) is 9.59 Å². The largest absolute Gasteiger partial charge is 0.380 e. The van der Waals surface area contributed by atoms with Gasteiger partial charge in [0.2, 0.25) is 11.7 Å². The van der Waals surface area contributed by atoms with E-state index in [1.165, 1.54) is 6.08 Å². The van der Waals surface area contributed by atoms with Crippen molar-refractivity contribution in [1.29, 1.82) is 0 Å². The van der Waals surface area contributed by atoms with Gasteiger partial charge in [0, 0.05) is 11.0 Å². The maximum absolute atomic E-state index is 11.7. The Morgan fingerprint density at radius 3 is 2.53 bits per heavy atom. The minimum absolute atomic E-state index is 0.212. The van der Waals surface area contributed by atoms with Crippen LogP contribution in [-0.4, -0.2) is 28.9 Å². The Balaban J connectivity index is 2.49. The second-order valence-electron chi connectivity index (χ2n) is 3.91. The quantitative estimate of drug-likeness (QED) is 0.667. The van der Waals surface area contributed by atoms with Gasteiger partial charge in [-0.1, -0.05) is 15.9 Å². The number of carbonyl (C=O) groups is 2. The number of hydrogen-bond donors (Lipinski definition) is 2. The van der Waals surface area contributed by atoms with Gasteiger partial charge in [0.15, 0.2) is 0 Å². The summed E-state index contributed by atoms with van der Waals surface area (Å²) in [6.07, 6.45) is 1.90. The Morgan fingerprint density at radius 1 is 1.35 bits per heavy atom. The van der Waals surface area contributed by atoms with Gasteiger partial charge in [-0.05, 0) is 44.4 Å². The molecule has 4 nitrogen and oxygen atoms in total. The van der Waals surface area contributed by atoms with Gasteiger partial charge < -0.3 is 10.4 Å². The van der Waals surface area contributed by atoms with E-state index in [9.17, 15) is 14.7 Å². The normalized spacial score (nSPS) is 33.9. The first-order valence-electron chi connectivity index (χ1n) is 4.87. The van der Waals surface area contributed by atoms with Crippen molar-refractivity contribution < 1.29 is 14.7 Å². The fourth-order valence-corrected chi connectivity index (χ4v) is 3.89. The monoisotopic (exact) mass is 427 g/mol. The lowest BCUT2D eigenvalue weighted by Crippen LogP contribution is -2.43. The predicted molar refractivity (Wildman–Crippen MR) is 73.0 cm³/mol. The maximum Gasteiger partial charge on any atom is 0.226 e. The van der Waals surface area contributed by atoms with Gasteiger partial charge >= 0.3 is 0 Å². The lowest BCUT2D eigenvalue weighted by atomic mass is 9.83. The standard InChI is InChI=1S/C10H8Br3NO3/c11-5-3-10(17,4-1-2-14-9(4)16)8(13)6(12)7(5)15/h3-4,17H,1-2H2,(H,14,16). The first-order valence-corrected chi connectivity index (χ1v) is 7.24. The summed E-state index contributed by atoms with van der Waals surface area (Å²) in [6, 6.07) is 0. The summed E-state index contributed by atoms with van der Waals surface area (Å²) >= 11 is 9.42. The molecule has 1 aliphatic carbocycles. The van der Waals surface area contributed by atoms with Crippen LogP contribution >= 0.6 is 47.8 Å². The second-order valence-corrected chi connectivity index (χ2v) is 6.35. The number of ketones is 1. The van der Waals surface area contributed by atoms with Crippen LogP contribution in [0.3, 0.4) is 0 Å². The summed E-state index contributed by atoms with van der Waals surface area (Å²) in [5.41, 5.74) is -1.48. The van der Waals surface area contributed by atoms with Crippen molar-refractivity contribution in [3.05, 3.63) is 19.5 Å². The molecule has 2 rings (SSSR count). The third kappa shape index (κ3) is 2.07. The van der Waals surface area contributed by atoms with Gasteiger partial charge in [0.25, 0.3) is 0 Å². The van der Waals surface area contributed by atoms with Crippen molar-refractivity contribution in [2.24, 2.45) is 5.92 Å². The zero-order valence-corrected chi connectivity index (χ0v) is 13.2. The van der Waals surface area contributed by atoms with Crippen LogP contribution in [0.1, 0.15) is 6.42 Å². The molecule has 17 heavy (non-hydrogen) atoms. The van der Waals surface area contributed by atoms with E-state index in [2.05, 4.69) is 53.1 Å². The Hall–Kier alpha value is 0.0200. The molecule has 7 heteroatoms. The molecule has 0 bridgehead atoms. The number of Topliss-reactive ketones (excluding diaryl/α,β-unsaturated/α-hetero) is 1. The van der Waals surface area contributed by atoms with Crippen molar-refractivity contribution in [2.75, 3.05) is 6.54 Å². The van der Waals surface area contributed by atoms with Gasteiger partial charge in [-0.3, -0.25) is 9.59 Å². The molecule has 2 unspecified atom stereocenters. The van der Waals surface area contributed by atoms with E-state index in [-0.39, 0.29) is 20.7 Å². The SMILES string of the molecule is O=C1C(Br)=CC(O)(C2CCNC2=O)C(Br)=C1Br. The molecule has 0 aromatic heterocycles. The van der Waals surface area contributed by atoms with E-state index in [4.69, 9.17) is 0 Å². The number of amides is 1. The van der Waals surface area contributed by atoms with E-state index >= 15 is 0 Å². The molecule has 1 fully saturated rings. The molecule has 2 aliphatic rings. The van der Waals surface area contributed by atoms with E-state index < -0.39 is 11.5 Å². The molecule has 0 aromatic carbocycles. The van der Waals surface area contributed by atoms with Crippen LogP contribution in [0.4, 0.5) is 0 Å². The highest BCUT2D eigenvalue weighted by Gasteiger charge is 2.48. The summed E-state index contributed by atoms with van der Waals surface area (Å²) < 4.78 is 0.768. The van der Waals surface area contributed by atoms with Crippen LogP contribution in [0.2, 0.25) is 0 Å². The number of halogens is 3. The minimum Gasteiger partial charge on any atom is -0.380 e. The van der Waals surface area contributed by atoms with Crippen LogP contribution < -0.4 is 5.32 Å². The molecule has 0 saturated carbocycles. The highest BCUT2D eigenvalue weighted by Crippen LogP contribution is 2.44. The predicted octanol–water partition coefficient (Wildman–Crippen LogP) is 1.72. The average molecular weight is 430 g/mol. The molecule has 92 valence electrons. The highest BCUT2D eigenvalue weighted by atomic mass is 79.9. The number of aliphatic hydroxyl groups is 1. The van der Waals surface area contributed by atoms with Crippen molar-refractivity contribution in [3.8, 4) is 0 Å². The first-order chi connectivity index (χ1) is 7.88. The molecule has 1 heterocycles.